The van der Waals surface area contributed by atoms with Gasteiger partial charge >= 0.3 is 0 Å². The third-order valence-corrected chi connectivity index (χ3v) is 4.12. The van der Waals surface area contributed by atoms with Crippen LogP contribution in [0.15, 0.2) is 17.7 Å². The van der Waals surface area contributed by atoms with Gasteiger partial charge in [-0.3, -0.25) is 0 Å². The molecule has 0 bridgehead atoms. The van der Waals surface area contributed by atoms with Gasteiger partial charge in [0, 0.05) is 24.0 Å². The Labute approximate surface area is 107 Å². The molecule has 2 N–H and O–H groups in total. The highest BCUT2D eigenvalue weighted by Gasteiger charge is 2.12. The summed E-state index contributed by atoms with van der Waals surface area (Å²) in [6, 6.07) is 4.49. The summed E-state index contributed by atoms with van der Waals surface area (Å²) in [5.41, 5.74) is 7.07. The van der Waals surface area contributed by atoms with Crippen LogP contribution in [0.2, 0.25) is 0 Å². The molecule has 0 aromatic carbocycles. The number of ether oxygens (including phenoxy) is 1. The van der Waals surface area contributed by atoms with E-state index in [1.807, 2.05) is 18.3 Å². The number of nitrogens with zero attached hydrogens (tertiary/aromatic N) is 1. The predicted octanol–water partition coefficient (Wildman–Crippen LogP) is 2.34. The maximum absolute atomic E-state index is 5.84. The van der Waals surface area contributed by atoms with E-state index in [0.717, 1.165) is 26.3 Å². The van der Waals surface area contributed by atoms with Crippen molar-refractivity contribution in [3.05, 3.63) is 22.6 Å². The van der Waals surface area contributed by atoms with E-state index in [4.69, 9.17) is 10.5 Å². The topological polar surface area (TPSA) is 38.5 Å². The highest BCUT2D eigenvalue weighted by molar-refractivity contribution is 7.16. The Kier molecular flexibility index (Phi) is 4.20. The summed E-state index contributed by atoms with van der Waals surface area (Å²) < 4.78 is 5.36. The van der Waals surface area contributed by atoms with Crippen LogP contribution in [0.4, 0.5) is 5.00 Å². The minimum Gasteiger partial charge on any atom is -0.378 e. The Morgan fingerprint density at radius 3 is 2.82 bits per heavy atom. The van der Waals surface area contributed by atoms with Gasteiger partial charge in [-0.05, 0) is 32.1 Å². The molecule has 1 unspecified atom stereocenters. The van der Waals surface area contributed by atoms with Gasteiger partial charge in [0.2, 0.25) is 0 Å². The summed E-state index contributed by atoms with van der Waals surface area (Å²) in [6.07, 6.45) is 2.18. The van der Waals surface area contributed by atoms with Crippen LogP contribution in [0.3, 0.4) is 0 Å². The number of thiophene rings is 1. The summed E-state index contributed by atoms with van der Waals surface area (Å²) in [7, 11) is 0. The lowest BCUT2D eigenvalue weighted by molar-refractivity contribution is 0.123. The molecule has 1 aliphatic rings. The van der Waals surface area contributed by atoms with Crippen molar-refractivity contribution < 1.29 is 4.74 Å². The molecule has 0 spiro atoms. The number of rotatable bonds is 3. The number of hydrogen-bond donors (Lipinski definition) is 1. The van der Waals surface area contributed by atoms with Gasteiger partial charge in [0.15, 0.2) is 0 Å². The Morgan fingerprint density at radius 2 is 2.18 bits per heavy atom. The van der Waals surface area contributed by atoms with Crippen molar-refractivity contribution in [1.82, 2.24) is 0 Å². The van der Waals surface area contributed by atoms with Gasteiger partial charge in [-0.1, -0.05) is 5.57 Å². The van der Waals surface area contributed by atoms with Crippen LogP contribution in [0.25, 0.3) is 6.08 Å². The molecule has 0 radical (unpaired) electrons. The lowest BCUT2D eigenvalue weighted by atomic mass is 10.1. The fourth-order valence-corrected chi connectivity index (χ4v) is 2.80. The number of anilines is 1. The van der Waals surface area contributed by atoms with Crippen molar-refractivity contribution in [3.8, 4) is 0 Å². The lowest BCUT2D eigenvalue weighted by Crippen LogP contribution is -2.35. The summed E-state index contributed by atoms with van der Waals surface area (Å²) in [4.78, 5) is 3.66. The third-order valence-electron chi connectivity index (χ3n) is 3.02. The molecule has 0 saturated carbocycles. The molecule has 1 atom stereocenters. The van der Waals surface area contributed by atoms with Crippen molar-refractivity contribution in [2.45, 2.75) is 19.9 Å². The largest absolute Gasteiger partial charge is 0.378 e. The van der Waals surface area contributed by atoms with Gasteiger partial charge in [-0.25, -0.2) is 0 Å². The Hall–Kier alpha value is -0.840. The Bertz CT molecular complexity index is 392. The lowest BCUT2D eigenvalue weighted by Gasteiger charge is -2.27. The van der Waals surface area contributed by atoms with Crippen molar-refractivity contribution in [3.63, 3.8) is 0 Å². The van der Waals surface area contributed by atoms with Crippen LogP contribution in [-0.4, -0.2) is 32.3 Å². The van der Waals surface area contributed by atoms with Crippen LogP contribution in [0.5, 0.6) is 0 Å². The molecule has 1 aromatic heterocycles. The monoisotopic (exact) mass is 252 g/mol. The van der Waals surface area contributed by atoms with Crippen LogP contribution in [0.1, 0.15) is 18.7 Å². The van der Waals surface area contributed by atoms with E-state index in [2.05, 4.69) is 30.0 Å². The summed E-state index contributed by atoms with van der Waals surface area (Å²) in [6.45, 7) is 7.76. The minimum atomic E-state index is 0.129. The standard InChI is InChI=1S/C13H20N2OS/c1-10(11(2)14)9-12-3-4-13(17-12)15-5-7-16-8-6-15/h3-4,9,11H,5-8,14H2,1-2H3/b10-9+. The average Bonchev–Trinajstić information content (AvgIpc) is 2.78. The van der Waals surface area contributed by atoms with Gasteiger partial charge in [0.1, 0.15) is 0 Å². The van der Waals surface area contributed by atoms with E-state index in [0.29, 0.717) is 0 Å². The fraction of sp³-hybridized carbons (Fsp3) is 0.538. The second-order valence-electron chi connectivity index (χ2n) is 4.45. The summed E-state index contributed by atoms with van der Waals surface area (Å²) in [5, 5.41) is 1.33. The molecule has 4 heteroatoms. The first kappa shape index (κ1) is 12.6. The maximum Gasteiger partial charge on any atom is 0.0916 e. The molecule has 2 rings (SSSR count). The highest BCUT2D eigenvalue weighted by Crippen LogP contribution is 2.28. The maximum atomic E-state index is 5.84. The molecule has 0 aliphatic carbocycles. The molecule has 1 saturated heterocycles. The third kappa shape index (κ3) is 3.31. The van der Waals surface area contributed by atoms with Crippen LogP contribution in [0, 0.1) is 0 Å². The average molecular weight is 252 g/mol. The molecular formula is C13H20N2OS. The zero-order chi connectivity index (χ0) is 12.3. The van der Waals surface area contributed by atoms with Crippen molar-refractivity contribution in [2.24, 2.45) is 5.73 Å². The van der Waals surface area contributed by atoms with Crippen molar-refractivity contribution in [1.29, 1.82) is 0 Å². The molecule has 0 amide bonds. The van der Waals surface area contributed by atoms with E-state index >= 15 is 0 Å². The molecule has 17 heavy (non-hydrogen) atoms. The van der Waals surface area contributed by atoms with Crippen LogP contribution >= 0.6 is 11.3 Å². The highest BCUT2D eigenvalue weighted by atomic mass is 32.1. The van der Waals surface area contributed by atoms with E-state index < -0.39 is 0 Å². The van der Waals surface area contributed by atoms with E-state index in [1.54, 1.807) is 0 Å². The minimum absolute atomic E-state index is 0.129. The Balaban J connectivity index is 2.07. The molecule has 94 valence electrons. The molecule has 1 fully saturated rings. The van der Waals surface area contributed by atoms with Crippen LogP contribution in [-0.2, 0) is 4.74 Å². The SMILES string of the molecule is C/C(=C\c1ccc(N2CCOCC2)s1)C(C)N. The summed E-state index contributed by atoms with van der Waals surface area (Å²) in [5.74, 6) is 0. The molecule has 1 aromatic rings. The first-order chi connectivity index (χ1) is 8.16. The van der Waals surface area contributed by atoms with E-state index in [1.165, 1.54) is 15.5 Å². The molecule has 2 heterocycles. The normalized spacial score (nSPS) is 19.5. The zero-order valence-electron chi connectivity index (χ0n) is 10.5. The van der Waals surface area contributed by atoms with E-state index in [-0.39, 0.29) is 6.04 Å². The predicted molar refractivity (Wildman–Crippen MR) is 74.7 cm³/mol. The van der Waals surface area contributed by atoms with Gasteiger partial charge < -0.3 is 15.4 Å². The zero-order valence-corrected chi connectivity index (χ0v) is 11.3. The van der Waals surface area contributed by atoms with Gasteiger partial charge in [-0.15, -0.1) is 11.3 Å². The van der Waals surface area contributed by atoms with Gasteiger partial charge in [0.05, 0.1) is 18.2 Å². The van der Waals surface area contributed by atoms with Crippen molar-refractivity contribution >= 4 is 22.4 Å². The fourth-order valence-electron chi connectivity index (χ4n) is 1.73. The van der Waals surface area contributed by atoms with Crippen LogP contribution < -0.4 is 10.6 Å². The van der Waals surface area contributed by atoms with E-state index in [9.17, 15) is 0 Å². The van der Waals surface area contributed by atoms with Gasteiger partial charge in [-0.2, -0.15) is 0 Å². The number of morpholine rings is 1. The Morgan fingerprint density at radius 1 is 1.47 bits per heavy atom. The van der Waals surface area contributed by atoms with Gasteiger partial charge in [0.25, 0.3) is 0 Å². The second-order valence-corrected chi connectivity index (χ2v) is 5.55. The summed E-state index contributed by atoms with van der Waals surface area (Å²) >= 11 is 1.82. The first-order valence-electron chi connectivity index (χ1n) is 6.03. The smallest absolute Gasteiger partial charge is 0.0916 e. The first-order valence-corrected chi connectivity index (χ1v) is 6.85. The second kappa shape index (κ2) is 5.67. The molecule has 3 nitrogen and oxygen atoms in total. The quantitative estimate of drug-likeness (QED) is 0.897. The molecule has 1 aliphatic heterocycles. The number of hydrogen-bond acceptors (Lipinski definition) is 4. The molecular weight excluding hydrogens is 232 g/mol. The van der Waals surface area contributed by atoms with Crippen molar-refractivity contribution in [2.75, 3.05) is 31.2 Å². The number of nitrogens with two attached hydrogens (primary N) is 1.